The third kappa shape index (κ3) is 5.87. The van der Waals surface area contributed by atoms with Gasteiger partial charge in [-0.25, -0.2) is 0 Å². The van der Waals surface area contributed by atoms with Gasteiger partial charge in [0.1, 0.15) is 0 Å². The maximum absolute atomic E-state index is 11.8. The first-order valence-corrected chi connectivity index (χ1v) is 7.21. The molecule has 0 fully saturated rings. The van der Waals surface area contributed by atoms with E-state index in [1.54, 1.807) is 19.1 Å². The Labute approximate surface area is 122 Å². The van der Waals surface area contributed by atoms with Crippen LogP contribution in [0.2, 0.25) is 0 Å². The van der Waals surface area contributed by atoms with E-state index < -0.39 is 0 Å². The van der Waals surface area contributed by atoms with Gasteiger partial charge in [-0.05, 0) is 25.5 Å². The van der Waals surface area contributed by atoms with Crippen molar-refractivity contribution in [2.24, 2.45) is 5.73 Å². The van der Waals surface area contributed by atoms with Crippen LogP contribution in [0.3, 0.4) is 0 Å². The molecule has 0 spiro atoms. The Bertz CT molecular complexity index is 514. The fraction of sp³-hybridized carbons (Fsp3) is 0.429. The van der Waals surface area contributed by atoms with E-state index in [1.807, 2.05) is 0 Å². The van der Waals surface area contributed by atoms with Gasteiger partial charge in [-0.1, -0.05) is 11.8 Å². The molecule has 0 atom stereocenters. The van der Waals surface area contributed by atoms with Gasteiger partial charge in [0.25, 0.3) is 5.91 Å². The highest BCUT2D eigenvalue weighted by molar-refractivity contribution is 7.14. The Morgan fingerprint density at radius 3 is 2.95 bits per heavy atom. The first-order chi connectivity index (χ1) is 9.67. The van der Waals surface area contributed by atoms with E-state index in [0.717, 1.165) is 4.88 Å². The van der Waals surface area contributed by atoms with Gasteiger partial charge in [0.2, 0.25) is 0 Å². The molecule has 0 radical (unpaired) electrons. The Balaban J connectivity index is 2.32. The lowest BCUT2D eigenvalue weighted by Gasteiger charge is -2.03. The molecule has 0 aliphatic rings. The van der Waals surface area contributed by atoms with Gasteiger partial charge >= 0.3 is 5.97 Å². The predicted octanol–water partition coefficient (Wildman–Crippen LogP) is 1.13. The third-order valence-corrected chi connectivity index (χ3v) is 3.29. The van der Waals surface area contributed by atoms with Gasteiger partial charge in [-0.2, -0.15) is 0 Å². The van der Waals surface area contributed by atoms with Crippen molar-refractivity contribution in [3.63, 3.8) is 0 Å². The highest BCUT2D eigenvalue weighted by Crippen LogP contribution is 2.15. The largest absolute Gasteiger partial charge is 0.466 e. The first kappa shape index (κ1) is 16.2. The number of hydrogen-bond donors (Lipinski definition) is 2. The molecule has 108 valence electrons. The average Bonchev–Trinajstić information content (AvgIpc) is 2.90. The maximum atomic E-state index is 11.8. The Morgan fingerprint density at radius 2 is 2.25 bits per heavy atom. The molecule has 6 heteroatoms. The van der Waals surface area contributed by atoms with Crippen LogP contribution >= 0.6 is 11.3 Å². The molecule has 0 aliphatic heterocycles. The van der Waals surface area contributed by atoms with Crippen LogP contribution in [0.1, 0.15) is 34.3 Å². The van der Waals surface area contributed by atoms with Crippen LogP contribution in [0.5, 0.6) is 0 Å². The van der Waals surface area contributed by atoms with Gasteiger partial charge in [0.05, 0.1) is 22.9 Å². The number of amides is 1. The van der Waals surface area contributed by atoms with Gasteiger partial charge in [0.15, 0.2) is 0 Å². The van der Waals surface area contributed by atoms with E-state index in [0.29, 0.717) is 37.4 Å². The molecule has 1 amide bonds. The SMILES string of the molecule is CCOC(=O)CCCNC(=O)c1ccc(C#CCN)s1. The lowest BCUT2D eigenvalue weighted by molar-refractivity contribution is -0.143. The van der Waals surface area contributed by atoms with Gasteiger partial charge in [0, 0.05) is 13.0 Å². The summed E-state index contributed by atoms with van der Waals surface area (Å²) >= 11 is 1.32. The number of nitrogens with one attached hydrogen (secondary N) is 1. The van der Waals surface area contributed by atoms with Crippen LogP contribution < -0.4 is 11.1 Å². The van der Waals surface area contributed by atoms with Crippen molar-refractivity contribution in [1.29, 1.82) is 0 Å². The highest BCUT2D eigenvalue weighted by Gasteiger charge is 2.08. The lowest BCUT2D eigenvalue weighted by Crippen LogP contribution is -2.24. The Hall–Kier alpha value is -1.84. The zero-order valence-electron chi connectivity index (χ0n) is 11.4. The van der Waals surface area contributed by atoms with Crippen LogP contribution in [-0.4, -0.2) is 31.6 Å². The molecule has 0 unspecified atom stereocenters. The van der Waals surface area contributed by atoms with Crippen molar-refractivity contribution in [3.05, 3.63) is 21.9 Å². The van der Waals surface area contributed by atoms with Gasteiger partial charge in [-0.15, -0.1) is 11.3 Å². The summed E-state index contributed by atoms with van der Waals surface area (Å²) in [6.07, 6.45) is 0.877. The lowest BCUT2D eigenvalue weighted by atomic mass is 10.3. The summed E-state index contributed by atoms with van der Waals surface area (Å²) in [5.41, 5.74) is 5.28. The molecular weight excluding hydrogens is 276 g/mol. The second-order valence-corrected chi connectivity index (χ2v) is 4.92. The molecule has 0 saturated carbocycles. The van der Waals surface area contributed by atoms with E-state index in [1.165, 1.54) is 11.3 Å². The quantitative estimate of drug-likeness (QED) is 0.468. The number of nitrogens with two attached hydrogens (primary N) is 1. The van der Waals surface area contributed by atoms with E-state index in [2.05, 4.69) is 17.2 Å². The van der Waals surface area contributed by atoms with E-state index >= 15 is 0 Å². The summed E-state index contributed by atoms with van der Waals surface area (Å²) in [5, 5.41) is 2.76. The van der Waals surface area contributed by atoms with Gasteiger partial charge in [-0.3, -0.25) is 9.59 Å². The van der Waals surface area contributed by atoms with E-state index in [4.69, 9.17) is 10.5 Å². The smallest absolute Gasteiger partial charge is 0.305 e. The van der Waals surface area contributed by atoms with Gasteiger partial charge < -0.3 is 15.8 Å². The molecule has 0 aromatic carbocycles. The highest BCUT2D eigenvalue weighted by atomic mass is 32.1. The topological polar surface area (TPSA) is 81.4 Å². The molecule has 0 aliphatic carbocycles. The number of carbonyl (C=O) groups is 2. The molecule has 1 rings (SSSR count). The Kier molecular flexibility index (Phi) is 7.40. The molecule has 1 aromatic rings. The molecule has 3 N–H and O–H groups in total. The maximum Gasteiger partial charge on any atom is 0.305 e. The van der Waals surface area contributed by atoms with Crippen LogP contribution in [0, 0.1) is 11.8 Å². The monoisotopic (exact) mass is 294 g/mol. The average molecular weight is 294 g/mol. The molecule has 1 heterocycles. The fourth-order valence-electron chi connectivity index (χ4n) is 1.42. The summed E-state index contributed by atoms with van der Waals surface area (Å²) in [5.74, 6) is 5.22. The number of ether oxygens (including phenoxy) is 1. The van der Waals surface area contributed by atoms with E-state index in [9.17, 15) is 9.59 Å². The summed E-state index contributed by atoms with van der Waals surface area (Å²) in [6, 6.07) is 3.52. The van der Waals surface area contributed by atoms with Crippen LogP contribution in [0.25, 0.3) is 0 Å². The predicted molar refractivity (Wildman–Crippen MR) is 78.5 cm³/mol. The molecule has 0 saturated heterocycles. The molecule has 1 aromatic heterocycles. The number of hydrogen-bond acceptors (Lipinski definition) is 5. The molecule has 5 nitrogen and oxygen atoms in total. The zero-order chi connectivity index (χ0) is 14.8. The van der Waals surface area contributed by atoms with Crippen molar-refractivity contribution in [2.45, 2.75) is 19.8 Å². The zero-order valence-corrected chi connectivity index (χ0v) is 12.2. The summed E-state index contributed by atoms with van der Waals surface area (Å²) in [4.78, 5) is 24.3. The minimum absolute atomic E-state index is 0.153. The first-order valence-electron chi connectivity index (χ1n) is 6.40. The number of rotatable bonds is 6. The van der Waals surface area contributed by atoms with Crippen LogP contribution in [-0.2, 0) is 9.53 Å². The van der Waals surface area contributed by atoms with Crippen molar-refractivity contribution in [2.75, 3.05) is 19.7 Å². The third-order valence-electron chi connectivity index (χ3n) is 2.29. The van der Waals surface area contributed by atoms with Crippen molar-refractivity contribution in [3.8, 4) is 11.8 Å². The van der Waals surface area contributed by atoms with Crippen LogP contribution in [0.15, 0.2) is 12.1 Å². The van der Waals surface area contributed by atoms with E-state index in [-0.39, 0.29) is 11.9 Å². The molecule has 20 heavy (non-hydrogen) atoms. The molecular formula is C14H18N2O3S. The number of carbonyl (C=O) groups excluding carboxylic acids is 2. The minimum atomic E-state index is -0.239. The normalized spacial score (nSPS) is 9.50. The Morgan fingerprint density at radius 1 is 1.45 bits per heavy atom. The molecule has 0 bridgehead atoms. The second kappa shape index (κ2) is 9.13. The minimum Gasteiger partial charge on any atom is -0.466 e. The van der Waals surface area contributed by atoms with Crippen molar-refractivity contribution < 1.29 is 14.3 Å². The summed E-state index contributed by atoms with van der Waals surface area (Å²) in [7, 11) is 0. The van der Waals surface area contributed by atoms with Crippen LogP contribution in [0.4, 0.5) is 0 Å². The second-order valence-electron chi connectivity index (χ2n) is 3.83. The fourth-order valence-corrected chi connectivity index (χ4v) is 2.22. The number of thiophene rings is 1. The standard InChI is InChI=1S/C14H18N2O3S/c1-2-19-13(17)6-4-10-16-14(18)12-8-7-11(20-12)5-3-9-15/h7-8H,2,4,6,9-10,15H2,1H3,(H,16,18). The number of esters is 1. The van der Waals surface area contributed by atoms with Crippen molar-refractivity contribution >= 4 is 23.2 Å². The summed E-state index contributed by atoms with van der Waals surface area (Å²) in [6.45, 7) is 2.89. The summed E-state index contributed by atoms with van der Waals surface area (Å²) < 4.78 is 4.80. The van der Waals surface area contributed by atoms with Crippen molar-refractivity contribution in [1.82, 2.24) is 5.32 Å².